The predicted molar refractivity (Wildman–Crippen MR) is 151 cm³/mol. The molecule has 2 aliphatic heterocycles. The molecule has 0 bridgehead atoms. The molecule has 2 heterocycles. The fourth-order valence-electron chi connectivity index (χ4n) is 5.38. The van der Waals surface area contributed by atoms with E-state index in [1.165, 1.54) is 5.57 Å². The molecule has 3 aliphatic rings. The number of ether oxygens (including phenoxy) is 2. The van der Waals surface area contributed by atoms with Gasteiger partial charge in [-0.1, -0.05) is 42.0 Å². The number of amides is 2. The number of carbonyl (C=O) groups excluding carboxylic acids is 4. The van der Waals surface area contributed by atoms with Crippen LogP contribution >= 0.6 is 0 Å². The fourth-order valence-corrected chi connectivity index (χ4v) is 5.38. The Bertz CT molecular complexity index is 1080. The number of nitrogens with one attached hydrogen (secondary N) is 2. The highest BCUT2D eigenvalue weighted by Crippen LogP contribution is 2.30. The van der Waals surface area contributed by atoms with Gasteiger partial charge in [0.15, 0.2) is 11.6 Å². The summed E-state index contributed by atoms with van der Waals surface area (Å²) in [7, 11) is 0. The first-order valence-corrected chi connectivity index (χ1v) is 14.6. The van der Waals surface area contributed by atoms with Crippen LogP contribution in [0, 0.1) is 5.92 Å². The van der Waals surface area contributed by atoms with E-state index in [0.29, 0.717) is 45.8 Å². The van der Waals surface area contributed by atoms with Crippen LogP contribution < -0.4 is 10.6 Å². The fraction of sp³-hybridized carbons (Fsp3) is 0.613. The van der Waals surface area contributed by atoms with Crippen molar-refractivity contribution in [2.75, 3.05) is 39.5 Å². The number of hydrogen-bond acceptors (Lipinski definition) is 7. The van der Waals surface area contributed by atoms with E-state index < -0.39 is 23.6 Å². The van der Waals surface area contributed by atoms with Gasteiger partial charge in [-0.15, -0.1) is 0 Å². The molecule has 218 valence electrons. The summed E-state index contributed by atoms with van der Waals surface area (Å²) in [5, 5.41) is 5.79. The molecule has 1 aromatic carbocycles. The van der Waals surface area contributed by atoms with Crippen molar-refractivity contribution in [2.45, 2.75) is 76.5 Å². The third-order valence-electron chi connectivity index (χ3n) is 8.06. The molecule has 0 spiro atoms. The number of benzene rings is 1. The number of morpholine rings is 1. The van der Waals surface area contributed by atoms with Gasteiger partial charge in [0.1, 0.15) is 5.60 Å². The van der Waals surface area contributed by atoms with Crippen LogP contribution in [0.5, 0.6) is 0 Å². The minimum Gasteiger partial charge on any atom is -0.379 e. The molecule has 9 nitrogen and oxygen atoms in total. The number of rotatable bonds is 14. The van der Waals surface area contributed by atoms with Crippen LogP contribution in [0.4, 0.5) is 0 Å². The highest BCUT2D eigenvalue weighted by molar-refractivity contribution is 5.98. The first-order valence-electron chi connectivity index (χ1n) is 14.6. The van der Waals surface area contributed by atoms with E-state index in [0.717, 1.165) is 31.2 Å². The summed E-state index contributed by atoms with van der Waals surface area (Å²) >= 11 is 0. The molecule has 1 aromatic rings. The number of epoxide rings is 1. The third-order valence-corrected chi connectivity index (χ3v) is 8.06. The lowest BCUT2D eigenvalue weighted by atomic mass is 9.86. The molecule has 9 heteroatoms. The summed E-state index contributed by atoms with van der Waals surface area (Å²) in [6.07, 6.45) is 7.03. The number of nitrogens with zero attached hydrogens (tertiary/aromatic N) is 1. The number of carbonyl (C=O) groups is 4. The van der Waals surface area contributed by atoms with Crippen molar-refractivity contribution in [2.24, 2.45) is 5.92 Å². The first kappa shape index (κ1) is 30.1. The molecule has 40 heavy (non-hydrogen) atoms. The van der Waals surface area contributed by atoms with Crippen LogP contribution in [0.15, 0.2) is 42.0 Å². The van der Waals surface area contributed by atoms with Crippen LogP contribution in [-0.2, 0) is 35.1 Å². The third kappa shape index (κ3) is 8.81. The van der Waals surface area contributed by atoms with E-state index >= 15 is 0 Å². The van der Waals surface area contributed by atoms with Crippen LogP contribution in [-0.4, -0.2) is 85.4 Å². The maximum absolute atomic E-state index is 13.7. The van der Waals surface area contributed by atoms with Gasteiger partial charge in [-0.3, -0.25) is 24.1 Å². The normalized spacial score (nSPS) is 23.3. The minimum absolute atomic E-state index is 0.0117. The predicted octanol–water partition coefficient (Wildman–Crippen LogP) is 2.37. The summed E-state index contributed by atoms with van der Waals surface area (Å²) in [6, 6.07) is 8.09. The second kappa shape index (κ2) is 14.1. The SMILES string of the molecule is C[C@H](NC(=O)CN1CCOCC1)C(=O)C[C@@H](CC1=CCCCC1)C(=O)N[C@@H](Cc1ccccc1)C(=O)[C@@]1(C)CO1. The molecule has 1 aliphatic carbocycles. The highest BCUT2D eigenvalue weighted by Gasteiger charge is 2.50. The Morgan fingerprint density at radius 1 is 1.02 bits per heavy atom. The lowest BCUT2D eigenvalue weighted by molar-refractivity contribution is -0.134. The van der Waals surface area contributed by atoms with Gasteiger partial charge in [0.25, 0.3) is 0 Å². The summed E-state index contributed by atoms with van der Waals surface area (Å²) in [5.41, 5.74) is 1.22. The van der Waals surface area contributed by atoms with Gasteiger partial charge in [-0.25, -0.2) is 0 Å². The lowest BCUT2D eigenvalue weighted by Crippen LogP contribution is -2.50. The van der Waals surface area contributed by atoms with E-state index in [1.54, 1.807) is 13.8 Å². The van der Waals surface area contributed by atoms with Crippen LogP contribution in [0.2, 0.25) is 0 Å². The Hall–Kier alpha value is -2.88. The summed E-state index contributed by atoms with van der Waals surface area (Å²) in [6.45, 7) is 6.50. The van der Waals surface area contributed by atoms with Gasteiger partial charge < -0.3 is 20.1 Å². The molecule has 0 unspecified atom stereocenters. The summed E-state index contributed by atoms with van der Waals surface area (Å²) in [5.74, 6) is -1.52. The average Bonchev–Trinajstić information content (AvgIpc) is 3.71. The van der Waals surface area contributed by atoms with Gasteiger partial charge in [0, 0.05) is 25.4 Å². The zero-order chi connectivity index (χ0) is 28.5. The van der Waals surface area contributed by atoms with Crippen molar-refractivity contribution in [3.8, 4) is 0 Å². The lowest BCUT2D eigenvalue weighted by Gasteiger charge is -2.27. The summed E-state index contributed by atoms with van der Waals surface area (Å²) in [4.78, 5) is 54.9. The van der Waals surface area contributed by atoms with E-state index in [2.05, 4.69) is 16.7 Å². The molecular weight excluding hydrogens is 510 g/mol. The van der Waals surface area contributed by atoms with Gasteiger partial charge in [-0.05, 0) is 57.9 Å². The molecule has 4 rings (SSSR count). The van der Waals surface area contributed by atoms with E-state index in [1.807, 2.05) is 35.2 Å². The molecule has 0 saturated carbocycles. The molecule has 2 saturated heterocycles. The molecule has 0 radical (unpaired) electrons. The van der Waals surface area contributed by atoms with E-state index in [4.69, 9.17) is 9.47 Å². The van der Waals surface area contributed by atoms with Crippen molar-refractivity contribution in [3.05, 3.63) is 47.5 Å². The number of Topliss-reactive ketones (excluding diaryl/α,β-unsaturated/α-hetero) is 2. The standard InChI is InChI=1S/C31H43N3O6/c1-22(32-28(36)20-34-13-15-39-16-14-34)27(35)19-25(17-23-9-5-3-6-10-23)30(38)33-26(29(37)31(2)21-40-31)18-24-11-7-4-8-12-24/h4,7-9,11-12,22,25-26H,3,5-6,10,13-21H2,1-2H3,(H,32,36)(H,33,38)/t22-,25+,26-,31+/m0/s1. The topological polar surface area (TPSA) is 117 Å². The molecule has 2 fully saturated rings. The number of ketones is 2. The maximum atomic E-state index is 13.7. The van der Waals surface area contributed by atoms with Crippen molar-refractivity contribution in [1.82, 2.24) is 15.5 Å². The van der Waals surface area contributed by atoms with Gasteiger partial charge in [-0.2, -0.15) is 0 Å². The largest absolute Gasteiger partial charge is 0.379 e. The van der Waals surface area contributed by atoms with E-state index in [9.17, 15) is 19.2 Å². The quantitative estimate of drug-likeness (QED) is 0.268. The van der Waals surface area contributed by atoms with Crippen LogP contribution in [0.1, 0.15) is 57.9 Å². The Kier molecular flexibility index (Phi) is 10.6. The molecule has 2 amide bonds. The number of allylic oxidation sites excluding steroid dienone is 2. The Morgan fingerprint density at radius 2 is 1.75 bits per heavy atom. The van der Waals surface area contributed by atoms with E-state index in [-0.39, 0.29) is 36.3 Å². The van der Waals surface area contributed by atoms with Crippen molar-refractivity contribution in [1.29, 1.82) is 0 Å². The number of hydrogen-bond donors (Lipinski definition) is 2. The van der Waals surface area contributed by atoms with Crippen LogP contribution in [0.25, 0.3) is 0 Å². The van der Waals surface area contributed by atoms with Crippen molar-refractivity contribution in [3.63, 3.8) is 0 Å². The minimum atomic E-state index is -0.886. The monoisotopic (exact) mass is 553 g/mol. The van der Waals surface area contributed by atoms with Gasteiger partial charge in [0.05, 0.1) is 38.4 Å². The maximum Gasteiger partial charge on any atom is 0.234 e. The van der Waals surface area contributed by atoms with Crippen molar-refractivity contribution < 1.29 is 28.7 Å². The van der Waals surface area contributed by atoms with Crippen LogP contribution in [0.3, 0.4) is 0 Å². The Balaban J connectivity index is 1.42. The molecular formula is C31H43N3O6. The molecule has 0 aromatic heterocycles. The van der Waals surface area contributed by atoms with Gasteiger partial charge >= 0.3 is 0 Å². The second-order valence-electron chi connectivity index (χ2n) is 11.5. The molecule has 2 N–H and O–H groups in total. The Morgan fingerprint density at radius 3 is 2.40 bits per heavy atom. The van der Waals surface area contributed by atoms with Gasteiger partial charge in [0.2, 0.25) is 11.8 Å². The van der Waals surface area contributed by atoms with Crippen molar-refractivity contribution >= 4 is 23.4 Å². The summed E-state index contributed by atoms with van der Waals surface area (Å²) < 4.78 is 10.7. The zero-order valence-corrected chi connectivity index (χ0v) is 23.8. The Labute approximate surface area is 237 Å². The first-order chi connectivity index (χ1) is 19.2. The average molecular weight is 554 g/mol. The molecule has 4 atom stereocenters. The smallest absolute Gasteiger partial charge is 0.234 e. The second-order valence-corrected chi connectivity index (χ2v) is 11.5. The zero-order valence-electron chi connectivity index (χ0n) is 23.8. The highest BCUT2D eigenvalue weighted by atomic mass is 16.6.